The van der Waals surface area contributed by atoms with Crippen LogP contribution in [0, 0.1) is 0 Å². The summed E-state index contributed by atoms with van der Waals surface area (Å²) in [5.41, 5.74) is 14.8. The van der Waals surface area contributed by atoms with Crippen LogP contribution >= 0.6 is 0 Å². The smallest absolute Gasteiger partial charge is 0.135 e. The van der Waals surface area contributed by atoms with E-state index in [9.17, 15) is 0 Å². The van der Waals surface area contributed by atoms with E-state index in [4.69, 9.17) is 4.42 Å². The van der Waals surface area contributed by atoms with E-state index < -0.39 is 0 Å². The number of furan rings is 1. The molecule has 60 heavy (non-hydrogen) atoms. The molecule has 0 radical (unpaired) electrons. The van der Waals surface area contributed by atoms with Crippen molar-refractivity contribution in [2.45, 2.75) is 0 Å². The minimum atomic E-state index is 0.879. The van der Waals surface area contributed by atoms with Crippen molar-refractivity contribution < 1.29 is 4.42 Å². The molecule has 11 rings (SSSR count). The van der Waals surface area contributed by atoms with Crippen LogP contribution in [-0.4, -0.2) is 0 Å². The summed E-state index contributed by atoms with van der Waals surface area (Å²) in [6.07, 6.45) is 0. The fourth-order valence-electron chi connectivity index (χ4n) is 8.68. The molecule has 0 aliphatic heterocycles. The van der Waals surface area contributed by atoms with Crippen LogP contribution in [-0.2, 0) is 0 Å². The molecule has 0 fully saturated rings. The van der Waals surface area contributed by atoms with Crippen molar-refractivity contribution in [3.63, 3.8) is 0 Å². The van der Waals surface area contributed by atoms with Crippen LogP contribution in [0.4, 0.5) is 17.1 Å². The van der Waals surface area contributed by atoms with Crippen LogP contribution in [0.15, 0.2) is 241 Å². The first-order chi connectivity index (χ1) is 29.7. The van der Waals surface area contributed by atoms with Crippen LogP contribution < -0.4 is 4.90 Å². The first kappa shape index (κ1) is 35.2. The Hall–Kier alpha value is -7.94. The molecule has 10 aromatic carbocycles. The predicted octanol–water partition coefficient (Wildman–Crippen LogP) is 16.5. The Kier molecular flexibility index (Phi) is 8.87. The quantitative estimate of drug-likeness (QED) is 0.143. The molecule has 0 unspecified atom stereocenters. The van der Waals surface area contributed by atoms with Crippen molar-refractivity contribution >= 4 is 49.6 Å². The van der Waals surface area contributed by atoms with Gasteiger partial charge in [0, 0.05) is 27.7 Å². The predicted molar refractivity (Wildman–Crippen MR) is 253 cm³/mol. The molecule has 2 nitrogen and oxygen atoms in total. The summed E-state index contributed by atoms with van der Waals surface area (Å²) in [7, 11) is 0. The standard InChI is InChI=1S/C58H39NO/c1-2-13-43(14-3-1)51-19-7-8-20-52(51)44-31-35-50(36-32-44)59(56-38-46-15-4-6-21-53(46)54-22-9-10-23-55(54)56)49-33-29-41(30-34-49)40-25-27-42(28-26-40)45-17-12-18-47(37-45)58-39-48-16-5-11-24-57(48)60-58/h1-39H. The topological polar surface area (TPSA) is 16.4 Å². The van der Waals surface area contributed by atoms with Gasteiger partial charge in [-0.1, -0.05) is 188 Å². The molecular formula is C58H39NO. The lowest BCUT2D eigenvalue weighted by Gasteiger charge is -2.28. The molecule has 0 aliphatic carbocycles. The van der Waals surface area contributed by atoms with Gasteiger partial charge in [-0.05, 0) is 109 Å². The third-order valence-corrected chi connectivity index (χ3v) is 11.7. The molecule has 0 N–H and O–H groups in total. The second-order valence-electron chi connectivity index (χ2n) is 15.3. The highest BCUT2D eigenvalue weighted by molar-refractivity contribution is 6.14. The van der Waals surface area contributed by atoms with Gasteiger partial charge < -0.3 is 9.32 Å². The van der Waals surface area contributed by atoms with E-state index in [1.807, 2.05) is 18.2 Å². The zero-order chi connectivity index (χ0) is 39.8. The van der Waals surface area contributed by atoms with Crippen LogP contribution in [0.25, 0.3) is 88.3 Å². The summed E-state index contributed by atoms with van der Waals surface area (Å²) in [5, 5.41) is 6.03. The Bertz CT molecular complexity index is 3260. The van der Waals surface area contributed by atoms with Crippen molar-refractivity contribution in [2.24, 2.45) is 0 Å². The van der Waals surface area contributed by atoms with Gasteiger partial charge in [0.05, 0.1) is 5.69 Å². The summed E-state index contributed by atoms with van der Waals surface area (Å²) < 4.78 is 6.18. The molecule has 1 aromatic heterocycles. The summed E-state index contributed by atoms with van der Waals surface area (Å²) in [6, 6.07) is 84.9. The van der Waals surface area contributed by atoms with E-state index in [1.54, 1.807) is 0 Å². The average Bonchev–Trinajstić information content (AvgIpc) is 3.77. The third kappa shape index (κ3) is 6.51. The number of hydrogen-bond donors (Lipinski definition) is 0. The fourth-order valence-corrected chi connectivity index (χ4v) is 8.68. The van der Waals surface area contributed by atoms with E-state index in [0.717, 1.165) is 56.0 Å². The summed E-state index contributed by atoms with van der Waals surface area (Å²) in [6.45, 7) is 0. The lowest BCUT2D eigenvalue weighted by atomic mass is 9.94. The molecule has 0 atom stereocenters. The lowest BCUT2D eigenvalue weighted by molar-refractivity contribution is 0.631. The number of benzene rings is 10. The van der Waals surface area contributed by atoms with Gasteiger partial charge >= 0.3 is 0 Å². The Balaban J connectivity index is 0.954. The van der Waals surface area contributed by atoms with E-state index in [2.05, 4.69) is 223 Å². The minimum absolute atomic E-state index is 0.879. The highest BCUT2D eigenvalue weighted by Gasteiger charge is 2.18. The molecule has 0 bridgehead atoms. The Morgan fingerprint density at radius 3 is 1.45 bits per heavy atom. The van der Waals surface area contributed by atoms with Gasteiger partial charge in [0.25, 0.3) is 0 Å². The molecule has 282 valence electrons. The molecule has 0 saturated carbocycles. The number of nitrogens with zero attached hydrogens (tertiary/aromatic N) is 1. The second kappa shape index (κ2) is 15.1. The lowest BCUT2D eigenvalue weighted by Crippen LogP contribution is -2.10. The van der Waals surface area contributed by atoms with Gasteiger partial charge in [-0.2, -0.15) is 0 Å². The molecule has 1 heterocycles. The highest BCUT2D eigenvalue weighted by Crippen LogP contribution is 2.43. The molecule has 0 aliphatic rings. The zero-order valence-electron chi connectivity index (χ0n) is 32.9. The van der Waals surface area contributed by atoms with Crippen LogP contribution in [0.1, 0.15) is 0 Å². The number of fused-ring (bicyclic) bond motifs is 4. The van der Waals surface area contributed by atoms with Crippen molar-refractivity contribution in [3.05, 3.63) is 237 Å². The molecule has 0 spiro atoms. The van der Waals surface area contributed by atoms with Crippen molar-refractivity contribution in [2.75, 3.05) is 4.90 Å². The van der Waals surface area contributed by atoms with Crippen molar-refractivity contribution in [3.8, 4) is 55.8 Å². The van der Waals surface area contributed by atoms with E-state index in [-0.39, 0.29) is 0 Å². The molecule has 0 saturated heterocycles. The second-order valence-corrected chi connectivity index (χ2v) is 15.3. The van der Waals surface area contributed by atoms with Gasteiger partial charge in [-0.25, -0.2) is 0 Å². The minimum Gasteiger partial charge on any atom is -0.456 e. The van der Waals surface area contributed by atoms with Crippen molar-refractivity contribution in [1.82, 2.24) is 0 Å². The van der Waals surface area contributed by atoms with Gasteiger partial charge in [0.2, 0.25) is 0 Å². The molecular weight excluding hydrogens is 727 g/mol. The van der Waals surface area contributed by atoms with Gasteiger partial charge in [0.15, 0.2) is 0 Å². The first-order valence-corrected chi connectivity index (χ1v) is 20.5. The number of para-hydroxylation sites is 1. The van der Waals surface area contributed by atoms with Gasteiger partial charge in [-0.3, -0.25) is 0 Å². The van der Waals surface area contributed by atoms with Gasteiger partial charge in [-0.15, -0.1) is 0 Å². The Morgan fingerprint density at radius 2 is 0.767 bits per heavy atom. The third-order valence-electron chi connectivity index (χ3n) is 11.7. The number of anilines is 3. The fraction of sp³-hybridized carbons (Fsp3) is 0. The van der Waals surface area contributed by atoms with Crippen molar-refractivity contribution in [1.29, 1.82) is 0 Å². The molecule has 2 heteroatoms. The number of hydrogen-bond acceptors (Lipinski definition) is 2. The monoisotopic (exact) mass is 765 g/mol. The first-order valence-electron chi connectivity index (χ1n) is 20.5. The zero-order valence-corrected chi connectivity index (χ0v) is 32.9. The van der Waals surface area contributed by atoms with Crippen LogP contribution in [0.3, 0.4) is 0 Å². The maximum Gasteiger partial charge on any atom is 0.135 e. The van der Waals surface area contributed by atoms with E-state index >= 15 is 0 Å². The molecule has 11 aromatic rings. The Labute approximate surface area is 349 Å². The average molecular weight is 766 g/mol. The van der Waals surface area contributed by atoms with Crippen LogP contribution in [0.2, 0.25) is 0 Å². The summed E-state index contributed by atoms with van der Waals surface area (Å²) in [4.78, 5) is 2.41. The summed E-state index contributed by atoms with van der Waals surface area (Å²) >= 11 is 0. The maximum absolute atomic E-state index is 6.18. The highest BCUT2D eigenvalue weighted by atomic mass is 16.3. The van der Waals surface area contributed by atoms with Crippen LogP contribution in [0.5, 0.6) is 0 Å². The number of rotatable bonds is 8. The largest absolute Gasteiger partial charge is 0.456 e. The van der Waals surface area contributed by atoms with Gasteiger partial charge in [0.1, 0.15) is 11.3 Å². The Morgan fingerprint density at radius 1 is 0.283 bits per heavy atom. The summed E-state index contributed by atoms with van der Waals surface area (Å²) in [5.74, 6) is 0.879. The molecule has 0 amide bonds. The van der Waals surface area contributed by atoms with E-state index in [0.29, 0.717) is 0 Å². The SMILES string of the molecule is c1ccc(-c2ccccc2-c2ccc(N(c3ccc(-c4ccc(-c5cccc(-c6cc7ccccc7o6)c5)cc4)cc3)c3cc4ccccc4c4ccccc34)cc2)cc1. The van der Waals surface area contributed by atoms with E-state index in [1.165, 1.54) is 49.4 Å². The normalized spacial score (nSPS) is 11.3. The maximum atomic E-state index is 6.18.